The lowest BCUT2D eigenvalue weighted by Crippen LogP contribution is -2.31. The molecule has 4 aromatic rings. The van der Waals surface area contributed by atoms with Crippen LogP contribution in [0.25, 0.3) is 22.6 Å². The SMILES string of the molecule is Cc1cccc(-c2nc3nc(C(=O)O)nc(NC4CCCCC4C)c3n2Cc2ccc(C(F)(F)F)cc2)c1. The fourth-order valence-corrected chi connectivity index (χ4v) is 5.08. The van der Waals surface area contributed by atoms with Crippen molar-refractivity contribution in [3.63, 3.8) is 0 Å². The average Bonchev–Trinajstić information content (AvgIpc) is 3.23. The highest BCUT2D eigenvalue weighted by molar-refractivity contribution is 5.92. The number of hydrogen-bond acceptors (Lipinski definition) is 5. The number of carbonyl (C=O) groups is 1. The molecule has 0 radical (unpaired) electrons. The molecule has 2 atom stereocenters. The molecule has 198 valence electrons. The molecule has 38 heavy (non-hydrogen) atoms. The number of aromatic nitrogens is 4. The minimum Gasteiger partial charge on any atom is -0.475 e. The van der Waals surface area contributed by atoms with Crippen LogP contribution in [0.15, 0.2) is 48.5 Å². The Morgan fingerprint density at radius 2 is 1.82 bits per heavy atom. The molecular formula is C28H28F3N5O2. The lowest BCUT2D eigenvalue weighted by atomic mass is 9.86. The summed E-state index contributed by atoms with van der Waals surface area (Å²) in [5.74, 6) is -0.367. The molecule has 10 heteroatoms. The standard InChI is InChI=1S/C28H28F3N5O2/c1-16-6-5-8-19(14-16)26-35-24-22(36(26)15-18-10-12-20(13-11-18)28(29,30)31)23(33-25(34-24)27(37)38)32-21-9-4-3-7-17(21)2/h5-6,8,10-14,17,21H,3-4,7,9,15H2,1-2H3,(H,37,38)(H,32,33,34). The minimum absolute atomic E-state index is 0.0975. The van der Waals surface area contributed by atoms with Crippen molar-refractivity contribution >= 4 is 23.0 Å². The summed E-state index contributed by atoms with van der Waals surface area (Å²) in [6.07, 6.45) is -0.255. The van der Waals surface area contributed by atoms with Crippen molar-refractivity contribution in [2.45, 2.75) is 58.3 Å². The van der Waals surface area contributed by atoms with Crippen LogP contribution in [0, 0.1) is 12.8 Å². The number of nitrogens with zero attached hydrogens (tertiary/aromatic N) is 4. The second kappa shape index (κ2) is 10.1. The molecule has 1 aliphatic rings. The van der Waals surface area contributed by atoms with Gasteiger partial charge in [-0.25, -0.2) is 19.7 Å². The van der Waals surface area contributed by atoms with E-state index in [0.717, 1.165) is 48.9 Å². The Hall–Kier alpha value is -3.95. The van der Waals surface area contributed by atoms with Gasteiger partial charge in [-0.1, -0.05) is 55.7 Å². The van der Waals surface area contributed by atoms with Crippen molar-refractivity contribution in [3.8, 4) is 11.4 Å². The lowest BCUT2D eigenvalue weighted by molar-refractivity contribution is -0.137. The van der Waals surface area contributed by atoms with Crippen molar-refractivity contribution in [1.82, 2.24) is 19.5 Å². The Balaban J connectivity index is 1.69. The van der Waals surface area contributed by atoms with Crippen LogP contribution in [0.5, 0.6) is 0 Å². The topological polar surface area (TPSA) is 92.9 Å². The van der Waals surface area contributed by atoms with E-state index in [9.17, 15) is 23.1 Å². The molecule has 0 amide bonds. The fraction of sp³-hybridized carbons (Fsp3) is 0.357. The zero-order valence-corrected chi connectivity index (χ0v) is 21.1. The van der Waals surface area contributed by atoms with Gasteiger partial charge in [-0.15, -0.1) is 0 Å². The van der Waals surface area contributed by atoms with Crippen molar-refractivity contribution in [1.29, 1.82) is 0 Å². The Labute approximate surface area is 217 Å². The quantitative estimate of drug-likeness (QED) is 0.297. The van der Waals surface area contributed by atoms with Gasteiger partial charge in [0, 0.05) is 18.2 Å². The van der Waals surface area contributed by atoms with E-state index in [4.69, 9.17) is 4.98 Å². The van der Waals surface area contributed by atoms with E-state index in [1.807, 2.05) is 35.8 Å². The number of halogens is 3. The molecule has 2 unspecified atom stereocenters. The van der Waals surface area contributed by atoms with Crippen LogP contribution >= 0.6 is 0 Å². The van der Waals surface area contributed by atoms with Crippen LogP contribution < -0.4 is 5.32 Å². The first-order valence-corrected chi connectivity index (χ1v) is 12.6. The number of imidazole rings is 1. The summed E-state index contributed by atoms with van der Waals surface area (Å²) in [6, 6.07) is 12.8. The molecular weight excluding hydrogens is 495 g/mol. The predicted molar refractivity (Wildman–Crippen MR) is 138 cm³/mol. The van der Waals surface area contributed by atoms with Crippen LogP contribution in [0.2, 0.25) is 0 Å². The first kappa shape index (κ1) is 25.7. The third-order valence-electron chi connectivity index (χ3n) is 7.13. The van der Waals surface area contributed by atoms with Crippen molar-refractivity contribution < 1.29 is 23.1 Å². The molecule has 5 rings (SSSR count). The van der Waals surface area contributed by atoms with Crippen molar-refractivity contribution in [2.24, 2.45) is 5.92 Å². The number of aryl methyl sites for hydroxylation is 1. The minimum atomic E-state index is -4.43. The van der Waals surface area contributed by atoms with Gasteiger partial charge in [0.15, 0.2) is 11.5 Å². The number of aromatic carboxylic acids is 1. The third kappa shape index (κ3) is 5.20. The molecule has 7 nitrogen and oxygen atoms in total. The number of nitrogens with one attached hydrogen (secondary N) is 1. The van der Waals surface area contributed by atoms with Gasteiger partial charge in [-0.2, -0.15) is 13.2 Å². The highest BCUT2D eigenvalue weighted by Gasteiger charge is 2.30. The summed E-state index contributed by atoms with van der Waals surface area (Å²) >= 11 is 0. The maximum atomic E-state index is 13.2. The van der Waals surface area contributed by atoms with Crippen LogP contribution in [0.4, 0.5) is 19.0 Å². The molecule has 0 bridgehead atoms. The van der Waals surface area contributed by atoms with E-state index in [1.54, 1.807) is 0 Å². The van der Waals surface area contributed by atoms with Crippen LogP contribution in [-0.2, 0) is 12.7 Å². The zero-order valence-electron chi connectivity index (χ0n) is 21.1. The van der Waals surface area contributed by atoms with Gasteiger partial charge >= 0.3 is 12.1 Å². The molecule has 0 spiro atoms. The lowest BCUT2D eigenvalue weighted by Gasteiger charge is -2.30. The normalized spacial score (nSPS) is 18.0. The second-order valence-corrected chi connectivity index (χ2v) is 9.97. The van der Waals surface area contributed by atoms with Gasteiger partial charge in [-0.05, 0) is 49.4 Å². The van der Waals surface area contributed by atoms with Gasteiger partial charge in [0.05, 0.1) is 5.56 Å². The van der Waals surface area contributed by atoms with E-state index in [2.05, 4.69) is 22.2 Å². The van der Waals surface area contributed by atoms with Crippen molar-refractivity contribution in [2.75, 3.05) is 5.32 Å². The maximum absolute atomic E-state index is 13.2. The van der Waals surface area contributed by atoms with E-state index in [-0.39, 0.29) is 24.1 Å². The Kier molecular flexibility index (Phi) is 6.81. The average molecular weight is 524 g/mol. The smallest absolute Gasteiger partial charge is 0.416 e. The molecule has 1 saturated carbocycles. The number of benzene rings is 2. The fourth-order valence-electron chi connectivity index (χ4n) is 5.08. The molecule has 1 fully saturated rings. The first-order chi connectivity index (χ1) is 18.1. The summed E-state index contributed by atoms with van der Waals surface area (Å²) in [4.78, 5) is 25.2. The molecule has 2 N–H and O–H groups in total. The number of carboxylic acid groups (broad SMARTS) is 1. The Bertz CT molecular complexity index is 1480. The van der Waals surface area contributed by atoms with Gasteiger partial charge in [0.1, 0.15) is 11.3 Å². The number of alkyl halides is 3. The predicted octanol–water partition coefficient (Wildman–Crippen LogP) is 6.56. The first-order valence-electron chi connectivity index (χ1n) is 12.6. The molecule has 1 aliphatic carbocycles. The van der Waals surface area contributed by atoms with Gasteiger partial charge in [-0.3, -0.25) is 0 Å². The van der Waals surface area contributed by atoms with Gasteiger partial charge < -0.3 is 15.0 Å². The van der Waals surface area contributed by atoms with Crippen LogP contribution in [-0.4, -0.2) is 36.6 Å². The highest BCUT2D eigenvalue weighted by atomic mass is 19.4. The summed E-state index contributed by atoms with van der Waals surface area (Å²) in [5.41, 5.74) is 2.42. The summed E-state index contributed by atoms with van der Waals surface area (Å²) < 4.78 is 41.3. The molecule has 2 heterocycles. The van der Waals surface area contributed by atoms with Gasteiger partial charge in [0.2, 0.25) is 5.82 Å². The molecule has 0 aliphatic heterocycles. The van der Waals surface area contributed by atoms with Gasteiger partial charge in [0.25, 0.3) is 0 Å². The van der Waals surface area contributed by atoms with E-state index >= 15 is 0 Å². The van der Waals surface area contributed by atoms with Crippen LogP contribution in [0.1, 0.15) is 59.9 Å². The summed E-state index contributed by atoms with van der Waals surface area (Å²) in [5, 5.41) is 13.2. The maximum Gasteiger partial charge on any atom is 0.416 e. The molecule has 2 aromatic heterocycles. The van der Waals surface area contributed by atoms with Crippen LogP contribution in [0.3, 0.4) is 0 Å². The zero-order chi connectivity index (χ0) is 27.0. The number of carboxylic acids is 1. The Morgan fingerprint density at radius 3 is 2.47 bits per heavy atom. The second-order valence-electron chi connectivity index (χ2n) is 9.97. The highest BCUT2D eigenvalue weighted by Crippen LogP contribution is 2.34. The Morgan fingerprint density at radius 1 is 1.08 bits per heavy atom. The monoisotopic (exact) mass is 523 g/mol. The number of rotatable bonds is 6. The van der Waals surface area contributed by atoms with E-state index < -0.39 is 17.7 Å². The van der Waals surface area contributed by atoms with Crippen molar-refractivity contribution in [3.05, 3.63) is 71.0 Å². The van der Waals surface area contributed by atoms with E-state index in [0.29, 0.717) is 28.6 Å². The largest absolute Gasteiger partial charge is 0.475 e. The number of fused-ring (bicyclic) bond motifs is 1. The van der Waals surface area contributed by atoms with E-state index in [1.165, 1.54) is 12.1 Å². The molecule has 2 aromatic carbocycles. The molecule has 0 saturated heterocycles. The number of anilines is 1. The summed E-state index contributed by atoms with van der Waals surface area (Å²) in [6.45, 7) is 4.31. The summed E-state index contributed by atoms with van der Waals surface area (Å²) in [7, 11) is 0. The third-order valence-corrected chi connectivity index (χ3v) is 7.13. The number of hydrogen-bond donors (Lipinski definition) is 2.